The van der Waals surface area contributed by atoms with Gasteiger partial charge in [0, 0.05) is 5.02 Å². The van der Waals surface area contributed by atoms with Crippen molar-refractivity contribution in [1.29, 1.82) is 5.26 Å². The Bertz CT molecular complexity index is 299. The second-order valence-electron chi connectivity index (χ2n) is 2.43. The normalized spacial score (nSPS) is 9.18. The minimum Gasteiger partial charge on any atom is -0.198 e. The smallest absolute Gasteiger partial charge is 0.0670 e. The predicted octanol–water partition coefficient (Wildman–Crippen LogP) is 2.71. The van der Waals surface area contributed by atoms with Crippen molar-refractivity contribution in [2.75, 3.05) is 0 Å². The van der Waals surface area contributed by atoms with Crippen LogP contribution >= 0.6 is 11.6 Å². The summed E-state index contributed by atoms with van der Waals surface area (Å²) in [5, 5.41) is 9.09. The Labute approximate surface area is 71.2 Å². The fourth-order valence-electron chi connectivity index (χ4n) is 0.881. The summed E-state index contributed by atoms with van der Waals surface area (Å²) in [4.78, 5) is 0. The molecule has 56 valence electrons. The van der Waals surface area contributed by atoms with Crippen LogP contribution in [0.3, 0.4) is 0 Å². The van der Waals surface area contributed by atoms with Gasteiger partial charge in [0.2, 0.25) is 0 Å². The molecule has 0 aromatic heterocycles. The molecular formula is C9H8ClN. The van der Waals surface area contributed by atoms with E-state index in [0.717, 1.165) is 11.1 Å². The van der Waals surface area contributed by atoms with Crippen LogP contribution in [0, 0.1) is 18.3 Å². The number of nitriles is 1. The molecule has 0 heterocycles. The Balaban J connectivity index is 3.01. The predicted molar refractivity (Wildman–Crippen MR) is 45.5 cm³/mol. The summed E-state index contributed by atoms with van der Waals surface area (Å²) in [6.45, 7) is 1.97. The van der Waals surface area contributed by atoms with Crippen LogP contribution in [0.25, 0.3) is 0 Å². The lowest BCUT2D eigenvalue weighted by Gasteiger charge is -1.98. The molecule has 0 aliphatic carbocycles. The lowest BCUT2D eigenvalue weighted by molar-refractivity contribution is 1.25. The highest BCUT2D eigenvalue weighted by atomic mass is 35.5. The summed E-state index contributed by atoms with van der Waals surface area (Å²) in [7, 11) is 0. The summed E-state index contributed by atoms with van der Waals surface area (Å²) in [5.41, 5.74) is 2.02. The van der Waals surface area contributed by atoms with Crippen LogP contribution in [0.2, 0.25) is 5.02 Å². The van der Waals surface area contributed by atoms with Crippen molar-refractivity contribution < 1.29 is 0 Å². The molecule has 0 saturated carbocycles. The first-order valence-corrected chi connectivity index (χ1v) is 3.74. The molecule has 1 aromatic carbocycles. The van der Waals surface area contributed by atoms with Gasteiger partial charge >= 0.3 is 0 Å². The van der Waals surface area contributed by atoms with Crippen LogP contribution in [0.15, 0.2) is 18.2 Å². The van der Waals surface area contributed by atoms with Gasteiger partial charge in [0.15, 0.2) is 0 Å². The fraction of sp³-hybridized carbons (Fsp3) is 0.222. The van der Waals surface area contributed by atoms with Crippen molar-refractivity contribution in [2.45, 2.75) is 13.3 Å². The highest BCUT2D eigenvalue weighted by Gasteiger charge is 1.97. The standard InChI is InChI=1S/C9H8ClN/c1-7-2-3-8(4-5-11)9(10)6-7/h2-3,6H,4H2,1H3. The highest BCUT2D eigenvalue weighted by Crippen LogP contribution is 2.17. The molecule has 0 N–H and O–H groups in total. The number of aryl methyl sites for hydroxylation is 1. The summed E-state index contributed by atoms with van der Waals surface area (Å²) in [5.74, 6) is 0. The zero-order valence-electron chi connectivity index (χ0n) is 6.26. The number of benzene rings is 1. The van der Waals surface area contributed by atoms with Gasteiger partial charge < -0.3 is 0 Å². The third-order valence-corrected chi connectivity index (χ3v) is 1.83. The van der Waals surface area contributed by atoms with Crippen molar-refractivity contribution in [2.24, 2.45) is 0 Å². The average molecular weight is 166 g/mol. The molecule has 0 fully saturated rings. The molecule has 0 aliphatic heterocycles. The molecule has 0 spiro atoms. The molecule has 1 rings (SSSR count). The molecule has 0 aliphatic rings. The van der Waals surface area contributed by atoms with Gasteiger partial charge in [-0.2, -0.15) is 5.26 Å². The first kappa shape index (κ1) is 8.10. The van der Waals surface area contributed by atoms with Crippen LogP contribution < -0.4 is 0 Å². The first-order valence-electron chi connectivity index (χ1n) is 3.36. The van der Waals surface area contributed by atoms with E-state index in [1.807, 2.05) is 25.1 Å². The zero-order valence-corrected chi connectivity index (χ0v) is 7.02. The molecule has 1 aromatic rings. The minimum atomic E-state index is 0.388. The van der Waals surface area contributed by atoms with Gasteiger partial charge in [0.05, 0.1) is 12.5 Å². The second kappa shape index (κ2) is 3.41. The van der Waals surface area contributed by atoms with Gasteiger partial charge in [-0.3, -0.25) is 0 Å². The summed E-state index contributed by atoms with van der Waals surface area (Å²) < 4.78 is 0. The summed E-state index contributed by atoms with van der Waals surface area (Å²) in [6.07, 6.45) is 0.388. The Morgan fingerprint density at radius 2 is 2.27 bits per heavy atom. The van der Waals surface area contributed by atoms with E-state index in [1.165, 1.54) is 0 Å². The van der Waals surface area contributed by atoms with Gasteiger partial charge in [-0.15, -0.1) is 0 Å². The van der Waals surface area contributed by atoms with E-state index in [4.69, 9.17) is 16.9 Å². The van der Waals surface area contributed by atoms with Crippen LogP contribution in [0.4, 0.5) is 0 Å². The van der Waals surface area contributed by atoms with Gasteiger partial charge in [-0.1, -0.05) is 23.7 Å². The van der Waals surface area contributed by atoms with Gasteiger partial charge in [0.25, 0.3) is 0 Å². The largest absolute Gasteiger partial charge is 0.198 e. The lowest BCUT2D eigenvalue weighted by Crippen LogP contribution is -1.83. The third kappa shape index (κ3) is 1.96. The number of hydrogen-bond donors (Lipinski definition) is 0. The molecular weight excluding hydrogens is 158 g/mol. The first-order chi connectivity index (χ1) is 5.24. The zero-order chi connectivity index (χ0) is 8.27. The Morgan fingerprint density at radius 1 is 1.55 bits per heavy atom. The minimum absolute atomic E-state index is 0.388. The van der Waals surface area contributed by atoms with Crippen LogP contribution in [-0.2, 0) is 6.42 Å². The number of nitrogens with zero attached hydrogens (tertiary/aromatic N) is 1. The molecule has 0 amide bonds. The average Bonchev–Trinajstić information content (AvgIpc) is 1.95. The monoisotopic (exact) mass is 165 g/mol. The van der Waals surface area contributed by atoms with Gasteiger partial charge in [-0.25, -0.2) is 0 Å². The number of hydrogen-bond acceptors (Lipinski definition) is 1. The van der Waals surface area contributed by atoms with E-state index in [0.29, 0.717) is 11.4 Å². The van der Waals surface area contributed by atoms with E-state index >= 15 is 0 Å². The van der Waals surface area contributed by atoms with Gasteiger partial charge in [-0.05, 0) is 24.1 Å². The fourth-order valence-corrected chi connectivity index (χ4v) is 1.18. The van der Waals surface area contributed by atoms with Crippen molar-refractivity contribution >= 4 is 11.6 Å². The lowest BCUT2D eigenvalue weighted by atomic mass is 10.1. The Hall–Kier alpha value is -1.00. The van der Waals surface area contributed by atoms with Gasteiger partial charge in [0.1, 0.15) is 0 Å². The van der Waals surface area contributed by atoms with Crippen LogP contribution in [-0.4, -0.2) is 0 Å². The van der Waals surface area contributed by atoms with Crippen molar-refractivity contribution in [1.82, 2.24) is 0 Å². The Morgan fingerprint density at radius 3 is 2.82 bits per heavy atom. The van der Waals surface area contributed by atoms with Crippen LogP contribution in [0.5, 0.6) is 0 Å². The van der Waals surface area contributed by atoms with Crippen molar-refractivity contribution in [3.8, 4) is 6.07 Å². The van der Waals surface area contributed by atoms with Crippen LogP contribution in [0.1, 0.15) is 11.1 Å². The summed E-state index contributed by atoms with van der Waals surface area (Å²) >= 11 is 5.86. The molecule has 2 heteroatoms. The Kier molecular flexibility index (Phi) is 2.51. The molecule has 1 nitrogen and oxygen atoms in total. The molecule has 0 bridgehead atoms. The van der Waals surface area contributed by atoms with Crippen molar-refractivity contribution in [3.63, 3.8) is 0 Å². The van der Waals surface area contributed by atoms with E-state index < -0.39 is 0 Å². The molecule has 0 saturated heterocycles. The third-order valence-electron chi connectivity index (χ3n) is 1.48. The van der Waals surface area contributed by atoms with E-state index in [2.05, 4.69) is 6.07 Å². The summed E-state index contributed by atoms with van der Waals surface area (Å²) in [6, 6.07) is 7.78. The van der Waals surface area contributed by atoms with Crippen molar-refractivity contribution in [3.05, 3.63) is 34.3 Å². The maximum Gasteiger partial charge on any atom is 0.0670 e. The number of rotatable bonds is 1. The SMILES string of the molecule is Cc1ccc(CC#N)c(Cl)c1. The molecule has 11 heavy (non-hydrogen) atoms. The van der Waals surface area contributed by atoms with E-state index in [-0.39, 0.29) is 0 Å². The molecule has 0 atom stereocenters. The maximum atomic E-state index is 8.40. The maximum absolute atomic E-state index is 8.40. The molecule has 0 unspecified atom stereocenters. The van der Waals surface area contributed by atoms with E-state index in [9.17, 15) is 0 Å². The highest BCUT2D eigenvalue weighted by molar-refractivity contribution is 6.31. The quantitative estimate of drug-likeness (QED) is 0.628. The topological polar surface area (TPSA) is 23.8 Å². The van der Waals surface area contributed by atoms with E-state index in [1.54, 1.807) is 0 Å². The molecule has 0 radical (unpaired) electrons. The second-order valence-corrected chi connectivity index (χ2v) is 2.84. The number of halogens is 1.